The van der Waals surface area contributed by atoms with Crippen LogP contribution in [0.5, 0.6) is 0 Å². The van der Waals surface area contributed by atoms with Crippen molar-refractivity contribution in [3.05, 3.63) is 94.0 Å². The van der Waals surface area contributed by atoms with E-state index >= 15 is 0 Å². The molecule has 34 heavy (non-hydrogen) atoms. The second-order valence-corrected chi connectivity index (χ2v) is 9.92. The van der Waals surface area contributed by atoms with Gasteiger partial charge < -0.3 is 10.2 Å². The Bertz CT molecular complexity index is 1300. The molecule has 0 saturated carbocycles. The van der Waals surface area contributed by atoms with Crippen LogP contribution < -0.4 is 10.2 Å². The van der Waals surface area contributed by atoms with Gasteiger partial charge in [0.15, 0.2) is 4.87 Å². The van der Waals surface area contributed by atoms with Gasteiger partial charge in [0.25, 0.3) is 5.91 Å². The summed E-state index contributed by atoms with van der Waals surface area (Å²) < 4.78 is 28.9. The summed E-state index contributed by atoms with van der Waals surface area (Å²) in [5.41, 5.74) is 2.39. The number of amides is 3. The van der Waals surface area contributed by atoms with E-state index in [1.165, 1.54) is 39.8 Å². The van der Waals surface area contributed by atoms with Gasteiger partial charge in [-0.2, -0.15) is 0 Å². The summed E-state index contributed by atoms with van der Waals surface area (Å²) in [5, 5.41) is 3.29. The predicted octanol–water partition coefficient (Wildman–Crippen LogP) is 5.91. The summed E-state index contributed by atoms with van der Waals surface area (Å²) in [5.74, 6) is -1.32. The number of fused-ring (bicyclic) bond motifs is 2. The first-order chi connectivity index (χ1) is 16.3. The number of rotatable bonds is 3. The maximum absolute atomic E-state index is 14.5. The Morgan fingerprint density at radius 3 is 2.59 bits per heavy atom. The number of carbonyl (C=O) groups excluding carboxylic acids is 2. The van der Waals surface area contributed by atoms with Crippen LogP contribution in [0.1, 0.15) is 16.7 Å². The third kappa shape index (κ3) is 3.61. The SMILES string of the molecule is Cc1ccc2c(c1)C1(SCCN1C(=O)Nc1cccc(Cl)c1)C(=O)N2Cc1c(F)cccc1F. The van der Waals surface area contributed by atoms with E-state index in [2.05, 4.69) is 5.32 Å². The zero-order valence-electron chi connectivity index (χ0n) is 18.1. The van der Waals surface area contributed by atoms with Gasteiger partial charge >= 0.3 is 6.03 Å². The lowest BCUT2D eigenvalue weighted by atomic mass is 10.0. The molecule has 1 N–H and O–H groups in total. The first kappa shape index (κ1) is 22.7. The highest BCUT2D eigenvalue weighted by atomic mass is 35.5. The molecule has 3 amide bonds. The second-order valence-electron chi connectivity index (χ2n) is 8.20. The molecular weight excluding hydrogens is 480 g/mol. The minimum Gasteiger partial charge on any atom is -0.308 e. The van der Waals surface area contributed by atoms with Crippen molar-refractivity contribution >= 4 is 46.7 Å². The first-order valence-electron chi connectivity index (χ1n) is 10.7. The number of hydrogen-bond acceptors (Lipinski definition) is 3. The van der Waals surface area contributed by atoms with Crippen molar-refractivity contribution in [3.8, 4) is 0 Å². The van der Waals surface area contributed by atoms with Crippen molar-refractivity contribution < 1.29 is 18.4 Å². The van der Waals surface area contributed by atoms with E-state index in [-0.39, 0.29) is 12.1 Å². The standard InChI is InChI=1S/C25H20ClF2N3O2S/c1-15-8-9-22-19(12-15)25(23(32)30(22)14-18-20(27)6-3-7-21(18)28)31(10-11-34-25)24(33)29-17-5-2-4-16(26)13-17/h2-9,12-13H,10-11,14H2,1H3,(H,29,33). The van der Waals surface area contributed by atoms with Crippen molar-refractivity contribution in [1.29, 1.82) is 0 Å². The summed E-state index contributed by atoms with van der Waals surface area (Å²) in [4.78, 5) is 28.9. The molecule has 3 aromatic rings. The first-order valence-corrected chi connectivity index (χ1v) is 12.0. The van der Waals surface area contributed by atoms with Gasteiger partial charge in [-0.05, 0) is 43.3 Å². The van der Waals surface area contributed by atoms with E-state index in [4.69, 9.17) is 11.6 Å². The molecule has 5 rings (SSSR count). The van der Waals surface area contributed by atoms with Crippen molar-refractivity contribution in [3.63, 3.8) is 0 Å². The molecule has 1 spiro atoms. The van der Waals surface area contributed by atoms with Crippen molar-refractivity contribution in [2.45, 2.75) is 18.3 Å². The average molecular weight is 500 g/mol. The molecule has 1 fully saturated rings. The molecular formula is C25H20ClF2N3O2S. The lowest BCUT2D eigenvalue weighted by molar-refractivity contribution is -0.123. The van der Waals surface area contributed by atoms with Crippen LogP contribution in [0.3, 0.4) is 0 Å². The number of hydrogen-bond donors (Lipinski definition) is 1. The summed E-state index contributed by atoms with van der Waals surface area (Å²) in [7, 11) is 0. The fraction of sp³-hybridized carbons (Fsp3) is 0.200. The molecule has 1 unspecified atom stereocenters. The third-order valence-electron chi connectivity index (χ3n) is 6.05. The Morgan fingerprint density at radius 2 is 1.85 bits per heavy atom. The Hall–Kier alpha value is -3.10. The molecule has 5 nitrogen and oxygen atoms in total. The highest BCUT2D eigenvalue weighted by molar-refractivity contribution is 8.01. The number of nitrogens with one attached hydrogen (secondary N) is 1. The Balaban J connectivity index is 1.56. The number of benzene rings is 3. The summed E-state index contributed by atoms with van der Waals surface area (Å²) in [6, 6.07) is 15.4. The zero-order chi connectivity index (χ0) is 24.0. The molecule has 0 bridgehead atoms. The van der Waals surface area contributed by atoms with Crippen molar-refractivity contribution in [1.82, 2.24) is 4.90 Å². The Morgan fingerprint density at radius 1 is 1.12 bits per heavy atom. The van der Waals surface area contributed by atoms with Gasteiger partial charge in [-0.3, -0.25) is 9.69 Å². The third-order valence-corrected chi connectivity index (χ3v) is 7.70. The smallest absolute Gasteiger partial charge is 0.308 e. The highest BCUT2D eigenvalue weighted by Crippen LogP contribution is 2.54. The van der Waals surface area contributed by atoms with E-state index in [0.29, 0.717) is 34.3 Å². The van der Waals surface area contributed by atoms with E-state index in [9.17, 15) is 18.4 Å². The van der Waals surface area contributed by atoms with Crippen LogP contribution in [0.15, 0.2) is 60.7 Å². The van der Waals surface area contributed by atoms with Gasteiger partial charge in [0.05, 0.1) is 12.2 Å². The number of carbonyl (C=O) groups is 2. The van der Waals surface area contributed by atoms with Gasteiger partial charge in [-0.15, -0.1) is 11.8 Å². The lowest BCUT2D eigenvalue weighted by Crippen LogP contribution is -2.51. The quantitative estimate of drug-likeness (QED) is 0.487. The van der Waals surface area contributed by atoms with Crippen LogP contribution in [-0.2, 0) is 16.2 Å². The van der Waals surface area contributed by atoms with Gasteiger partial charge in [-0.25, -0.2) is 13.6 Å². The number of urea groups is 1. The van der Waals surface area contributed by atoms with E-state index < -0.39 is 28.4 Å². The summed E-state index contributed by atoms with van der Waals surface area (Å²) in [6.07, 6.45) is 0. The normalized spacial score (nSPS) is 19.1. The van der Waals surface area contributed by atoms with E-state index in [1.54, 1.807) is 30.3 Å². The molecule has 3 aromatic carbocycles. The molecule has 0 aromatic heterocycles. The van der Waals surface area contributed by atoms with Gasteiger partial charge in [0.2, 0.25) is 0 Å². The Labute approximate surface area is 204 Å². The van der Waals surface area contributed by atoms with Crippen LogP contribution in [0.2, 0.25) is 5.02 Å². The number of aryl methyl sites for hydroxylation is 1. The highest BCUT2D eigenvalue weighted by Gasteiger charge is 2.59. The second kappa shape index (κ2) is 8.60. The van der Waals surface area contributed by atoms with Gasteiger partial charge in [-0.1, -0.05) is 41.4 Å². The molecule has 2 aliphatic heterocycles. The Kier molecular flexibility index (Phi) is 5.73. The molecule has 1 saturated heterocycles. The summed E-state index contributed by atoms with van der Waals surface area (Å²) in [6.45, 7) is 1.95. The predicted molar refractivity (Wildman–Crippen MR) is 130 cm³/mol. The molecule has 2 heterocycles. The van der Waals surface area contributed by atoms with Crippen LogP contribution >= 0.6 is 23.4 Å². The number of halogens is 3. The average Bonchev–Trinajstić information content (AvgIpc) is 3.33. The van der Waals surface area contributed by atoms with Crippen LogP contribution in [0.4, 0.5) is 25.0 Å². The topological polar surface area (TPSA) is 52.7 Å². The fourth-order valence-corrected chi connectivity index (χ4v) is 6.13. The number of thioether (sulfide) groups is 1. The molecule has 0 radical (unpaired) electrons. The fourth-order valence-electron chi connectivity index (χ4n) is 4.48. The largest absolute Gasteiger partial charge is 0.323 e. The molecule has 2 aliphatic rings. The molecule has 1 atom stereocenters. The zero-order valence-corrected chi connectivity index (χ0v) is 19.7. The van der Waals surface area contributed by atoms with Crippen LogP contribution in [-0.4, -0.2) is 29.1 Å². The van der Waals surface area contributed by atoms with Gasteiger partial charge in [0, 0.05) is 34.1 Å². The van der Waals surface area contributed by atoms with Crippen LogP contribution in [0.25, 0.3) is 0 Å². The molecule has 0 aliphatic carbocycles. The lowest BCUT2D eigenvalue weighted by Gasteiger charge is -2.33. The minimum absolute atomic E-state index is 0.197. The maximum Gasteiger partial charge on any atom is 0.323 e. The van der Waals surface area contributed by atoms with E-state index in [0.717, 1.165) is 5.56 Å². The van der Waals surface area contributed by atoms with Crippen LogP contribution in [0, 0.1) is 18.6 Å². The summed E-state index contributed by atoms with van der Waals surface area (Å²) >= 11 is 7.39. The van der Waals surface area contributed by atoms with Gasteiger partial charge in [0.1, 0.15) is 11.6 Å². The van der Waals surface area contributed by atoms with E-state index in [1.807, 2.05) is 19.1 Å². The van der Waals surface area contributed by atoms with Crippen molar-refractivity contribution in [2.75, 3.05) is 22.5 Å². The molecule has 174 valence electrons. The minimum atomic E-state index is -1.33. The van der Waals surface area contributed by atoms with Crippen molar-refractivity contribution in [2.24, 2.45) is 0 Å². The number of anilines is 2. The number of nitrogens with zero attached hydrogens (tertiary/aromatic N) is 2. The maximum atomic E-state index is 14.5. The monoisotopic (exact) mass is 499 g/mol. The molecule has 9 heteroatoms.